The van der Waals surface area contributed by atoms with Crippen molar-refractivity contribution in [1.82, 2.24) is 5.32 Å². The maximum Gasteiger partial charge on any atom is 0.0948 e. The normalized spacial score (nSPS) is 13.7. The van der Waals surface area contributed by atoms with Gasteiger partial charge in [0.25, 0.3) is 0 Å². The molecular weight excluding hydrogens is 342 g/mol. The van der Waals surface area contributed by atoms with E-state index in [1.807, 2.05) is 23.8 Å². The highest BCUT2D eigenvalue weighted by atomic mass is 32.1. The first kappa shape index (κ1) is 16.6. The Bertz CT molecular complexity index is 678. The molecule has 0 spiro atoms. The van der Waals surface area contributed by atoms with E-state index in [-0.39, 0.29) is 6.04 Å². The van der Waals surface area contributed by atoms with Crippen LogP contribution in [0.25, 0.3) is 5.57 Å². The Balaban J connectivity index is 1.67. The number of hydrogen-bond donors (Lipinski definition) is 2. The number of aliphatic hydroxyl groups is 1. The third-order valence-corrected chi connectivity index (χ3v) is 5.84. The molecule has 0 aromatic carbocycles. The van der Waals surface area contributed by atoms with Crippen molar-refractivity contribution in [3.05, 3.63) is 73.2 Å². The molecular formula is C18H19NOS3. The van der Waals surface area contributed by atoms with Crippen LogP contribution in [0.5, 0.6) is 0 Å². The van der Waals surface area contributed by atoms with Crippen LogP contribution in [0, 0.1) is 0 Å². The Morgan fingerprint density at radius 2 is 1.65 bits per heavy atom. The van der Waals surface area contributed by atoms with Crippen molar-refractivity contribution in [2.75, 3.05) is 6.54 Å². The van der Waals surface area contributed by atoms with Crippen LogP contribution >= 0.6 is 34.0 Å². The second-order valence-corrected chi connectivity index (χ2v) is 7.68. The van der Waals surface area contributed by atoms with Gasteiger partial charge in [-0.3, -0.25) is 0 Å². The fourth-order valence-electron chi connectivity index (χ4n) is 2.43. The highest BCUT2D eigenvalue weighted by molar-refractivity contribution is 7.08. The van der Waals surface area contributed by atoms with E-state index >= 15 is 0 Å². The Hall–Kier alpha value is -1.24. The molecule has 2 N–H and O–H groups in total. The van der Waals surface area contributed by atoms with Gasteiger partial charge in [0.2, 0.25) is 0 Å². The summed E-state index contributed by atoms with van der Waals surface area (Å²) in [5, 5.41) is 26.3. The molecule has 3 aromatic rings. The van der Waals surface area contributed by atoms with Crippen molar-refractivity contribution < 1.29 is 5.11 Å². The van der Waals surface area contributed by atoms with Crippen molar-refractivity contribution in [1.29, 1.82) is 0 Å². The summed E-state index contributed by atoms with van der Waals surface area (Å²) < 4.78 is 0. The quantitative estimate of drug-likeness (QED) is 0.620. The average molecular weight is 362 g/mol. The SMILES string of the molecule is CC(NCC=C(c1ccsc1)c1ccsc1)C(O)c1ccsc1. The third kappa shape index (κ3) is 4.19. The molecule has 2 atom stereocenters. The molecule has 0 fully saturated rings. The lowest BCUT2D eigenvalue weighted by Gasteiger charge is -2.19. The molecule has 0 aliphatic rings. The number of nitrogens with one attached hydrogen (secondary N) is 1. The summed E-state index contributed by atoms with van der Waals surface area (Å²) in [5.41, 5.74) is 4.73. The summed E-state index contributed by atoms with van der Waals surface area (Å²) in [5.74, 6) is 0. The minimum atomic E-state index is -0.472. The molecule has 2 nitrogen and oxygen atoms in total. The van der Waals surface area contributed by atoms with Crippen LogP contribution in [0.3, 0.4) is 0 Å². The summed E-state index contributed by atoms with van der Waals surface area (Å²) in [6.07, 6.45) is 1.74. The van der Waals surface area contributed by atoms with Gasteiger partial charge in [0.15, 0.2) is 0 Å². The molecule has 0 aliphatic heterocycles. The van der Waals surface area contributed by atoms with E-state index in [2.05, 4.69) is 45.0 Å². The van der Waals surface area contributed by atoms with Crippen LogP contribution in [0.2, 0.25) is 0 Å². The highest BCUT2D eigenvalue weighted by Crippen LogP contribution is 2.27. The van der Waals surface area contributed by atoms with Crippen molar-refractivity contribution in [3.63, 3.8) is 0 Å². The summed E-state index contributed by atoms with van der Waals surface area (Å²) >= 11 is 5.04. The van der Waals surface area contributed by atoms with Crippen molar-refractivity contribution in [2.45, 2.75) is 19.1 Å². The molecule has 23 heavy (non-hydrogen) atoms. The largest absolute Gasteiger partial charge is 0.387 e. The van der Waals surface area contributed by atoms with Gasteiger partial charge in [-0.1, -0.05) is 6.08 Å². The highest BCUT2D eigenvalue weighted by Gasteiger charge is 2.15. The molecule has 0 amide bonds. The van der Waals surface area contributed by atoms with Gasteiger partial charge in [0, 0.05) is 12.6 Å². The van der Waals surface area contributed by atoms with E-state index in [9.17, 15) is 5.11 Å². The van der Waals surface area contributed by atoms with Crippen LogP contribution in [0.4, 0.5) is 0 Å². The molecule has 3 heterocycles. The Morgan fingerprint density at radius 1 is 1.04 bits per heavy atom. The first-order valence-corrected chi connectivity index (χ1v) is 10.3. The van der Waals surface area contributed by atoms with E-state index in [4.69, 9.17) is 0 Å². The molecule has 3 rings (SSSR count). The van der Waals surface area contributed by atoms with Crippen LogP contribution < -0.4 is 5.32 Å². The average Bonchev–Trinajstić information content (AvgIpc) is 3.33. The first-order valence-electron chi connectivity index (χ1n) is 7.44. The summed E-state index contributed by atoms with van der Waals surface area (Å²) in [6.45, 7) is 2.74. The van der Waals surface area contributed by atoms with Gasteiger partial charge >= 0.3 is 0 Å². The van der Waals surface area contributed by atoms with Gasteiger partial charge in [0.1, 0.15) is 0 Å². The maximum atomic E-state index is 10.3. The lowest BCUT2D eigenvalue weighted by atomic mass is 10.0. The fourth-order valence-corrected chi connectivity index (χ4v) is 4.43. The molecule has 0 saturated carbocycles. The monoisotopic (exact) mass is 361 g/mol. The molecule has 0 aliphatic carbocycles. The molecule has 0 radical (unpaired) electrons. The van der Waals surface area contributed by atoms with Crippen LogP contribution in [0.1, 0.15) is 29.7 Å². The molecule has 120 valence electrons. The van der Waals surface area contributed by atoms with Crippen LogP contribution in [-0.4, -0.2) is 17.7 Å². The molecule has 0 saturated heterocycles. The first-order chi connectivity index (χ1) is 11.3. The molecule has 2 unspecified atom stereocenters. The molecule has 3 aromatic heterocycles. The fraction of sp³-hybridized carbons (Fsp3) is 0.222. The van der Waals surface area contributed by atoms with E-state index in [1.165, 1.54) is 16.7 Å². The van der Waals surface area contributed by atoms with Gasteiger partial charge in [-0.25, -0.2) is 0 Å². The Morgan fingerprint density at radius 3 is 2.17 bits per heavy atom. The van der Waals surface area contributed by atoms with Gasteiger partial charge in [-0.15, -0.1) is 0 Å². The van der Waals surface area contributed by atoms with Gasteiger partial charge < -0.3 is 10.4 Å². The zero-order valence-electron chi connectivity index (χ0n) is 12.8. The lowest BCUT2D eigenvalue weighted by Crippen LogP contribution is -2.32. The number of thiophene rings is 3. The minimum Gasteiger partial charge on any atom is -0.387 e. The van der Waals surface area contributed by atoms with Gasteiger partial charge in [-0.2, -0.15) is 34.0 Å². The predicted octanol–water partition coefficient (Wildman–Crippen LogP) is 5.01. The van der Waals surface area contributed by atoms with Crippen molar-refractivity contribution in [3.8, 4) is 0 Å². The number of hydrogen-bond acceptors (Lipinski definition) is 5. The van der Waals surface area contributed by atoms with Gasteiger partial charge in [-0.05, 0) is 79.7 Å². The second kappa shape index (κ2) is 8.04. The topological polar surface area (TPSA) is 32.3 Å². The van der Waals surface area contributed by atoms with E-state index in [1.54, 1.807) is 34.0 Å². The van der Waals surface area contributed by atoms with Crippen molar-refractivity contribution in [2.24, 2.45) is 0 Å². The smallest absolute Gasteiger partial charge is 0.0948 e. The van der Waals surface area contributed by atoms with E-state index in [0.717, 1.165) is 12.1 Å². The van der Waals surface area contributed by atoms with Gasteiger partial charge in [0.05, 0.1) is 6.10 Å². The maximum absolute atomic E-state index is 10.3. The number of rotatable bonds is 7. The molecule has 0 bridgehead atoms. The summed E-state index contributed by atoms with van der Waals surface area (Å²) in [4.78, 5) is 0. The standard InChI is InChI=1S/C18H19NOS3/c1-13(18(20)16-5-9-23-12-16)19-6-2-17(14-3-7-21-10-14)15-4-8-22-11-15/h2-5,7-13,18-20H,6H2,1H3. The van der Waals surface area contributed by atoms with E-state index < -0.39 is 6.10 Å². The second-order valence-electron chi connectivity index (χ2n) is 5.34. The number of aliphatic hydroxyl groups excluding tert-OH is 1. The van der Waals surface area contributed by atoms with Crippen LogP contribution in [0.15, 0.2) is 56.6 Å². The summed E-state index contributed by atoms with van der Waals surface area (Å²) in [6, 6.07) is 6.29. The zero-order valence-corrected chi connectivity index (χ0v) is 15.3. The van der Waals surface area contributed by atoms with E-state index in [0.29, 0.717) is 0 Å². The lowest BCUT2D eigenvalue weighted by molar-refractivity contribution is 0.138. The summed E-state index contributed by atoms with van der Waals surface area (Å²) in [7, 11) is 0. The Labute approximate surface area is 148 Å². The molecule has 5 heteroatoms. The minimum absolute atomic E-state index is 0.00653. The van der Waals surface area contributed by atoms with Crippen molar-refractivity contribution >= 4 is 39.6 Å². The third-order valence-electron chi connectivity index (χ3n) is 3.77. The Kier molecular flexibility index (Phi) is 5.80. The zero-order chi connectivity index (χ0) is 16.1. The predicted molar refractivity (Wildman–Crippen MR) is 102 cm³/mol. The van der Waals surface area contributed by atoms with Crippen LogP contribution in [-0.2, 0) is 0 Å².